The minimum atomic E-state index is -3.34. The van der Waals surface area contributed by atoms with Crippen molar-refractivity contribution in [2.45, 2.75) is 12.1 Å². The summed E-state index contributed by atoms with van der Waals surface area (Å²) in [5.74, 6) is -0.644. The van der Waals surface area contributed by atoms with Gasteiger partial charge in [0.2, 0.25) is 0 Å². The average Bonchev–Trinajstić information content (AvgIpc) is 2.94. The molecule has 3 rings (SSSR count). The van der Waals surface area contributed by atoms with Crippen LogP contribution in [0, 0.1) is 0 Å². The topological polar surface area (TPSA) is 113 Å². The Morgan fingerprint density at radius 1 is 1.12 bits per heavy atom. The van der Waals surface area contributed by atoms with Crippen LogP contribution < -0.4 is 4.74 Å². The first kappa shape index (κ1) is 18.4. The Bertz CT molecular complexity index is 810. The van der Waals surface area contributed by atoms with E-state index < -0.39 is 21.9 Å². The first-order valence-electron chi connectivity index (χ1n) is 8.09. The summed E-state index contributed by atoms with van der Waals surface area (Å²) in [4.78, 5) is 37.6. The van der Waals surface area contributed by atoms with E-state index in [-0.39, 0.29) is 48.1 Å². The fourth-order valence-electron chi connectivity index (χ4n) is 3.40. The molecular weight excluding hydrogens is 362 g/mol. The fraction of sp³-hybridized carbons (Fsp3) is 0.600. The predicted molar refractivity (Wildman–Crippen MR) is 91.6 cm³/mol. The molecule has 2 fully saturated rings. The molecule has 1 aromatic heterocycles. The first-order chi connectivity index (χ1) is 12.2. The van der Waals surface area contributed by atoms with Crippen LogP contribution in [0.15, 0.2) is 12.4 Å². The number of carbonyl (C=O) groups excluding carboxylic acids is 2. The van der Waals surface area contributed by atoms with Crippen molar-refractivity contribution in [3.05, 3.63) is 18.0 Å². The monoisotopic (exact) mass is 383 g/mol. The van der Waals surface area contributed by atoms with Crippen LogP contribution in [0.3, 0.4) is 0 Å². The number of rotatable bonds is 2. The van der Waals surface area contributed by atoms with Crippen LogP contribution in [0.4, 0.5) is 4.79 Å². The van der Waals surface area contributed by atoms with Gasteiger partial charge in [0.1, 0.15) is 0 Å². The third-order valence-corrected chi connectivity index (χ3v) is 6.32. The smallest absolute Gasteiger partial charge is 0.319 e. The number of hydrogen-bond acceptors (Lipinski definition) is 7. The molecule has 0 aromatic carbocycles. The molecule has 2 aliphatic rings. The maximum atomic E-state index is 12.9. The zero-order valence-electron chi connectivity index (χ0n) is 14.8. The summed E-state index contributed by atoms with van der Waals surface area (Å²) in [5, 5.41) is 0. The summed E-state index contributed by atoms with van der Waals surface area (Å²) >= 11 is 0. The minimum Gasteiger partial charge on any atom is -0.467 e. The fourth-order valence-corrected chi connectivity index (χ4v) is 5.38. The largest absolute Gasteiger partial charge is 0.467 e. The Morgan fingerprint density at radius 3 is 2.19 bits per heavy atom. The van der Waals surface area contributed by atoms with Crippen LogP contribution in [0.25, 0.3) is 0 Å². The summed E-state index contributed by atoms with van der Waals surface area (Å²) in [6.07, 6.45) is 2.70. The van der Waals surface area contributed by atoms with Crippen molar-refractivity contribution in [3.8, 4) is 6.01 Å². The lowest BCUT2D eigenvalue weighted by Gasteiger charge is -2.44. The maximum absolute atomic E-state index is 12.9. The molecule has 2 saturated heterocycles. The van der Waals surface area contributed by atoms with Crippen LogP contribution in [0.2, 0.25) is 0 Å². The van der Waals surface area contributed by atoms with E-state index in [4.69, 9.17) is 4.74 Å². The maximum Gasteiger partial charge on any atom is 0.319 e. The van der Waals surface area contributed by atoms with Gasteiger partial charge in [-0.25, -0.2) is 23.2 Å². The van der Waals surface area contributed by atoms with E-state index in [1.54, 1.807) is 19.0 Å². The molecule has 0 radical (unpaired) electrons. The van der Waals surface area contributed by atoms with Crippen LogP contribution in [-0.2, 0) is 9.84 Å². The molecule has 0 saturated carbocycles. The van der Waals surface area contributed by atoms with Crippen molar-refractivity contribution >= 4 is 21.8 Å². The second-order valence-electron chi connectivity index (χ2n) is 6.54. The molecule has 10 nitrogen and oxygen atoms in total. The van der Waals surface area contributed by atoms with Gasteiger partial charge < -0.3 is 19.4 Å². The number of piperazine rings is 1. The van der Waals surface area contributed by atoms with Crippen LogP contribution in [-0.4, -0.2) is 103 Å². The summed E-state index contributed by atoms with van der Waals surface area (Å²) in [5.41, 5.74) is 0.251. The molecule has 0 N–H and O–H groups in total. The molecule has 1 aromatic rings. The second-order valence-corrected chi connectivity index (χ2v) is 8.69. The van der Waals surface area contributed by atoms with Crippen molar-refractivity contribution in [3.63, 3.8) is 0 Å². The Balaban J connectivity index is 1.87. The Morgan fingerprint density at radius 2 is 1.65 bits per heavy atom. The van der Waals surface area contributed by atoms with Gasteiger partial charge in [0.15, 0.2) is 9.84 Å². The number of ether oxygens (including phenoxy) is 1. The lowest BCUT2D eigenvalue weighted by Crippen LogP contribution is -2.63. The number of nitrogens with zero attached hydrogens (tertiary/aromatic N) is 5. The van der Waals surface area contributed by atoms with E-state index >= 15 is 0 Å². The molecule has 0 aliphatic carbocycles. The quantitative estimate of drug-likeness (QED) is 0.650. The van der Waals surface area contributed by atoms with Crippen molar-refractivity contribution in [1.82, 2.24) is 24.7 Å². The van der Waals surface area contributed by atoms with Gasteiger partial charge >= 0.3 is 12.0 Å². The van der Waals surface area contributed by atoms with E-state index in [2.05, 4.69) is 9.97 Å². The lowest BCUT2D eigenvalue weighted by molar-refractivity contribution is 0.0392. The molecule has 2 aliphatic heterocycles. The zero-order chi connectivity index (χ0) is 19.1. The molecule has 3 heterocycles. The van der Waals surface area contributed by atoms with E-state index in [0.717, 1.165) is 0 Å². The minimum absolute atomic E-state index is 0.139. The van der Waals surface area contributed by atoms with Gasteiger partial charge in [-0.3, -0.25) is 4.79 Å². The highest BCUT2D eigenvalue weighted by molar-refractivity contribution is 7.91. The molecule has 2 atom stereocenters. The normalized spacial score (nSPS) is 24.1. The molecule has 26 heavy (non-hydrogen) atoms. The number of carbonyl (C=O) groups is 2. The van der Waals surface area contributed by atoms with E-state index in [1.807, 2.05) is 0 Å². The Kier molecular flexibility index (Phi) is 4.74. The van der Waals surface area contributed by atoms with Gasteiger partial charge in [0, 0.05) is 39.6 Å². The van der Waals surface area contributed by atoms with Gasteiger partial charge in [-0.2, -0.15) is 0 Å². The summed E-state index contributed by atoms with van der Waals surface area (Å²) in [6.45, 7) is 0.525. The van der Waals surface area contributed by atoms with E-state index in [0.29, 0.717) is 0 Å². The highest BCUT2D eigenvalue weighted by atomic mass is 32.2. The van der Waals surface area contributed by atoms with Crippen molar-refractivity contribution in [2.24, 2.45) is 0 Å². The van der Waals surface area contributed by atoms with Gasteiger partial charge in [-0.15, -0.1) is 0 Å². The number of aromatic nitrogens is 2. The Hall–Kier alpha value is -2.43. The van der Waals surface area contributed by atoms with Gasteiger partial charge in [0.05, 0.1) is 36.3 Å². The van der Waals surface area contributed by atoms with Crippen LogP contribution in [0.1, 0.15) is 10.4 Å². The SMILES string of the molecule is COc1ncc(C(=O)N2CCN(C(=O)N(C)C)[C@@H]3CS(=O)(=O)C[C@@H]32)cn1. The molecule has 0 spiro atoms. The van der Waals surface area contributed by atoms with Gasteiger partial charge in [0.25, 0.3) is 5.91 Å². The average molecular weight is 383 g/mol. The molecular formula is C15H21N5O5S. The van der Waals surface area contributed by atoms with Crippen molar-refractivity contribution in [1.29, 1.82) is 0 Å². The second kappa shape index (κ2) is 6.71. The standard InChI is InChI=1S/C15H21N5O5S/c1-18(2)15(22)20-5-4-19(11-8-26(23,24)9-12(11)20)13(21)10-6-16-14(25-3)17-7-10/h6-7,11-12H,4-5,8-9H2,1-3H3/t11-,12+/m0/s1. The number of fused-ring (bicyclic) bond motifs is 1. The van der Waals surface area contributed by atoms with Gasteiger partial charge in [-0.1, -0.05) is 0 Å². The van der Waals surface area contributed by atoms with Gasteiger partial charge in [-0.05, 0) is 0 Å². The highest BCUT2D eigenvalue weighted by Gasteiger charge is 2.49. The molecule has 142 valence electrons. The molecule has 0 bridgehead atoms. The van der Waals surface area contributed by atoms with Crippen LogP contribution >= 0.6 is 0 Å². The molecule has 3 amide bonds. The van der Waals surface area contributed by atoms with E-state index in [1.165, 1.54) is 29.3 Å². The summed E-state index contributed by atoms with van der Waals surface area (Å²) < 4.78 is 29.3. The van der Waals surface area contributed by atoms with Crippen molar-refractivity contribution in [2.75, 3.05) is 45.8 Å². The zero-order valence-corrected chi connectivity index (χ0v) is 15.6. The summed E-state index contributed by atoms with van der Waals surface area (Å²) in [7, 11) is 1.32. The number of sulfone groups is 1. The Labute approximate surface area is 151 Å². The van der Waals surface area contributed by atoms with E-state index in [9.17, 15) is 18.0 Å². The highest BCUT2D eigenvalue weighted by Crippen LogP contribution is 2.28. The first-order valence-corrected chi connectivity index (χ1v) is 9.91. The number of amides is 3. The number of hydrogen-bond donors (Lipinski definition) is 0. The van der Waals surface area contributed by atoms with Crippen LogP contribution in [0.5, 0.6) is 6.01 Å². The predicted octanol–water partition coefficient (Wildman–Crippen LogP) is -0.910. The molecule has 11 heteroatoms. The third kappa shape index (κ3) is 3.30. The number of urea groups is 1. The number of methoxy groups -OCH3 is 1. The lowest BCUT2D eigenvalue weighted by atomic mass is 10.0. The molecule has 0 unspecified atom stereocenters. The summed E-state index contributed by atoms with van der Waals surface area (Å²) in [6, 6.07) is -1.24. The third-order valence-electron chi connectivity index (χ3n) is 4.62. The van der Waals surface area contributed by atoms with Crippen molar-refractivity contribution < 1.29 is 22.7 Å².